The van der Waals surface area contributed by atoms with Crippen molar-refractivity contribution in [1.82, 2.24) is 0 Å². The van der Waals surface area contributed by atoms with Gasteiger partial charge in [0.1, 0.15) is 0 Å². The third-order valence-electron chi connectivity index (χ3n) is 0. The van der Waals surface area contributed by atoms with Gasteiger partial charge in [-0.3, -0.25) is 0 Å². The topological polar surface area (TPSA) is 20.2 Å². The zero-order valence-corrected chi connectivity index (χ0v) is 5.30. The molecule has 1 radical (unpaired) electrons. The van der Waals surface area contributed by atoms with Crippen molar-refractivity contribution in [2.75, 3.05) is 0 Å². The first kappa shape index (κ1) is 8.87. The Labute approximate surface area is 36.1 Å². The average Bonchev–Trinajstić information content (AvgIpc) is 0.918. The van der Waals surface area contributed by atoms with Gasteiger partial charge in [-0.25, -0.2) is 0 Å². The lowest BCUT2D eigenvalue weighted by Crippen LogP contribution is -1.65. The van der Waals surface area contributed by atoms with Gasteiger partial charge in [-0.2, -0.15) is 9.90 Å². The van der Waals surface area contributed by atoms with Gasteiger partial charge in [-0.1, -0.05) is 5.79 Å². The predicted octanol–water partition coefficient (Wildman–Crippen LogP) is -0.296. The molecule has 0 aromatic heterocycles. The van der Waals surface area contributed by atoms with Crippen LogP contribution in [0.25, 0.3) is 0 Å². The highest BCUT2D eigenvalue weighted by Crippen LogP contribution is 1.24. The van der Waals surface area contributed by atoms with Crippen LogP contribution < -0.4 is 0 Å². The second kappa shape index (κ2) is 9.06. The molecule has 0 aromatic carbocycles. The predicted molar refractivity (Wildman–Crippen MR) is 24.9 cm³/mol. The maximum atomic E-state index is 7.65. The standard InChI is InChI=1S/CH3.Al.H2O.H3P/h1H3;;1H2;1H3/q;+1;;/p-1. The second-order valence-electron chi connectivity index (χ2n) is 0.258. The lowest BCUT2D eigenvalue weighted by molar-refractivity contribution is 0.610. The van der Waals surface area contributed by atoms with Crippen molar-refractivity contribution in [2.24, 2.45) is 0 Å². The van der Waals surface area contributed by atoms with Crippen LogP contribution in [-0.4, -0.2) is 19.7 Å². The molecule has 4 heavy (non-hydrogen) atoms. The highest BCUT2D eigenvalue weighted by atomic mass is 31.0. The minimum atomic E-state index is -0.250. The summed E-state index contributed by atoms with van der Waals surface area (Å²) in [5.74, 6) is 1.76. The monoisotopic (exact) mass is 93.0 g/mol. The van der Waals surface area contributed by atoms with Gasteiger partial charge < -0.3 is 4.16 Å². The molecule has 25 valence electrons. The number of hydrogen-bond donors (Lipinski definition) is 1. The van der Waals surface area contributed by atoms with E-state index in [0.29, 0.717) is 0 Å². The SMILES string of the molecule is P.[CH3][Al][OH]. The molecule has 0 fully saturated rings. The Morgan fingerprint density at radius 2 is 1.75 bits per heavy atom. The van der Waals surface area contributed by atoms with E-state index in [1.165, 1.54) is 0 Å². The lowest BCUT2D eigenvalue weighted by Gasteiger charge is -1.43. The van der Waals surface area contributed by atoms with Crippen LogP contribution in [0.2, 0.25) is 5.79 Å². The molecule has 0 saturated carbocycles. The van der Waals surface area contributed by atoms with E-state index in [-0.39, 0.29) is 25.5 Å². The molecule has 0 aliphatic carbocycles. The molecule has 0 aromatic rings. The van der Waals surface area contributed by atoms with E-state index < -0.39 is 0 Å². The van der Waals surface area contributed by atoms with E-state index in [0.717, 1.165) is 0 Å². The minimum absolute atomic E-state index is 0. The Hall–Kier alpha value is 0.922. The van der Waals surface area contributed by atoms with Gasteiger partial charge in [0.15, 0.2) is 0 Å². The van der Waals surface area contributed by atoms with Gasteiger partial charge >= 0.3 is 15.6 Å². The highest BCUT2D eigenvalue weighted by Gasteiger charge is 1.53. The van der Waals surface area contributed by atoms with Crippen molar-refractivity contribution >= 4 is 25.5 Å². The largest absolute Gasteiger partial charge is 0.522 e. The van der Waals surface area contributed by atoms with Gasteiger partial charge in [0.2, 0.25) is 0 Å². The summed E-state index contributed by atoms with van der Waals surface area (Å²) >= 11 is -0.250. The van der Waals surface area contributed by atoms with Crippen molar-refractivity contribution in [3.63, 3.8) is 0 Å². The summed E-state index contributed by atoms with van der Waals surface area (Å²) in [6, 6.07) is 0. The molecule has 0 rings (SSSR count). The first-order chi connectivity index (χ1) is 1.41. The van der Waals surface area contributed by atoms with E-state index >= 15 is 0 Å². The molecule has 1 atom stereocenters. The number of rotatable bonds is 0. The molecule has 0 aliphatic rings. The molecule has 1 N–H and O–H groups in total. The zero-order valence-electron chi connectivity index (χ0n) is 2.73. The fourth-order valence-electron chi connectivity index (χ4n) is 0. The zero-order chi connectivity index (χ0) is 2.71. The van der Waals surface area contributed by atoms with Crippen molar-refractivity contribution in [2.45, 2.75) is 5.79 Å². The molecule has 0 saturated heterocycles. The van der Waals surface area contributed by atoms with Crippen molar-refractivity contribution in [3.05, 3.63) is 0 Å². The lowest BCUT2D eigenvalue weighted by atomic mass is 11.9. The van der Waals surface area contributed by atoms with Crippen LogP contribution >= 0.6 is 9.90 Å². The first-order valence-electron chi connectivity index (χ1n) is 0.836. The fraction of sp³-hybridized carbons (Fsp3) is 1.00. The third-order valence-corrected chi connectivity index (χ3v) is 0. The van der Waals surface area contributed by atoms with Crippen LogP contribution in [0.1, 0.15) is 0 Å². The van der Waals surface area contributed by atoms with Crippen molar-refractivity contribution in [1.29, 1.82) is 0 Å². The van der Waals surface area contributed by atoms with Crippen LogP contribution in [0.3, 0.4) is 0 Å². The third kappa shape index (κ3) is 12.7. The van der Waals surface area contributed by atoms with Crippen LogP contribution in [0, 0.1) is 0 Å². The summed E-state index contributed by atoms with van der Waals surface area (Å²) < 4.78 is 7.65. The van der Waals surface area contributed by atoms with Gasteiger partial charge in [0.05, 0.1) is 0 Å². The maximum absolute atomic E-state index is 7.65. The van der Waals surface area contributed by atoms with E-state index in [2.05, 4.69) is 0 Å². The van der Waals surface area contributed by atoms with Gasteiger partial charge in [-0.05, 0) is 0 Å². The second-order valence-corrected chi connectivity index (χ2v) is 0.775. The summed E-state index contributed by atoms with van der Waals surface area (Å²) in [7, 11) is 0. The molecule has 0 amide bonds. The van der Waals surface area contributed by atoms with Crippen LogP contribution in [0.5, 0.6) is 0 Å². The van der Waals surface area contributed by atoms with Crippen LogP contribution in [0.4, 0.5) is 0 Å². The van der Waals surface area contributed by atoms with E-state index in [9.17, 15) is 0 Å². The van der Waals surface area contributed by atoms with Crippen molar-refractivity contribution in [3.8, 4) is 0 Å². The highest BCUT2D eigenvalue weighted by molar-refractivity contribution is 6.92. The number of hydrogen-bond acceptors (Lipinski definition) is 1. The Morgan fingerprint density at radius 3 is 1.75 bits per heavy atom. The van der Waals surface area contributed by atoms with E-state index in [1.54, 1.807) is 5.79 Å². The Morgan fingerprint density at radius 1 is 1.75 bits per heavy atom. The smallest absolute Gasteiger partial charge is 0.417 e. The first-order valence-corrected chi connectivity index (χ1v) is 2.51. The summed E-state index contributed by atoms with van der Waals surface area (Å²) in [4.78, 5) is 0. The normalized spacial score (nSPS) is 3.50. The maximum Gasteiger partial charge on any atom is 0.417 e. The molecule has 1 unspecified atom stereocenters. The summed E-state index contributed by atoms with van der Waals surface area (Å²) in [5.41, 5.74) is 0. The molecule has 3 heteroatoms. The summed E-state index contributed by atoms with van der Waals surface area (Å²) in [6.45, 7) is 0. The molecular formula is CH7AlOP. The van der Waals surface area contributed by atoms with Crippen LogP contribution in [-0.2, 0) is 0 Å². The van der Waals surface area contributed by atoms with E-state index in [1.807, 2.05) is 0 Å². The molecule has 0 spiro atoms. The van der Waals surface area contributed by atoms with Gasteiger partial charge in [0, 0.05) is 0 Å². The Balaban J connectivity index is 0. The Bertz CT molecular complexity index is 8.00. The molecule has 0 bridgehead atoms. The van der Waals surface area contributed by atoms with Crippen molar-refractivity contribution < 1.29 is 4.16 Å². The Kier molecular flexibility index (Phi) is 20.1. The molecule has 0 aliphatic heterocycles. The minimum Gasteiger partial charge on any atom is -0.522 e. The fourth-order valence-corrected chi connectivity index (χ4v) is 0. The summed E-state index contributed by atoms with van der Waals surface area (Å²) in [5, 5.41) is 0. The average molecular weight is 93.0 g/mol. The molecular weight excluding hydrogens is 86.0 g/mol. The molecule has 1 nitrogen and oxygen atoms in total. The quantitative estimate of drug-likeness (QED) is 0.322. The van der Waals surface area contributed by atoms with Gasteiger partial charge in [-0.15, -0.1) is 0 Å². The van der Waals surface area contributed by atoms with Gasteiger partial charge in [0.25, 0.3) is 0 Å². The van der Waals surface area contributed by atoms with Crippen LogP contribution in [0.15, 0.2) is 0 Å². The molecule has 0 heterocycles. The summed E-state index contributed by atoms with van der Waals surface area (Å²) in [6.07, 6.45) is 0. The van der Waals surface area contributed by atoms with E-state index in [4.69, 9.17) is 4.16 Å².